The molecule has 1 unspecified atom stereocenters. The SMILES string of the molecule is COc1ccccc1C(CN=C(N)N1CCCCC1)N1CCCCC1. The Balaban J connectivity index is 1.78. The number of hydrogen-bond donors (Lipinski definition) is 1. The van der Waals surface area contributed by atoms with Crippen LogP contribution in [0.3, 0.4) is 0 Å². The molecule has 3 rings (SSSR count). The van der Waals surface area contributed by atoms with E-state index in [0.717, 1.165) is 31.9 Å². The summed E-state index contributed by atoms with van der Waals surface area (Å²) in [6.45, 7) is 5.03. The van der Waals surface area contributed by atoms with Crippen molar-refractivity contribution in [3.05, 3.63) is 29.8 Å². The number of guanidine groups is 1. The van der Waals surface area contributed by atoms with E-state index in [1.165, 1.54) is 44.1 Å². The molecule has 2 aliphatic rings. The summed E-state index contributed by atoms with van der Waals surface area (Å²) < 4.78 is 5.62. The summed E-state index contributed by atoms with van der Waals surface area (Å²) in [5.74, 6) is 1.65. The minimum absolute atomic E-state index is 0.236. The van der Waals surface area contributed by atoms with E-state index in [0.29, 0.717) is 12.5 Å². The number of likely N-dealkylation sites (tertiary alicyclic amines) is 2. The third-order valence-corrected chi connectivity index (χ3v) is 5.44. The first-order valence-corrected chi connectivity index (χ1v) is 9.71. The lowest BCUT2D eigenvalue weighted by Crippen LogP contribution is -2.42. The highest BCUT2D eigenvalue weighted by molar-refractivity contribution is 5.78. The summed E-state index contributed by atoms with van der Waals surface area (Å²) in [5.41, 5.74) is 7.53. The smallest absolute Gasteiger partial charge is 0.191 e. The first-order valence-electron chi connectivity index (χ1n) is 9.71. The minimum Gasteiger partial charge on any atom is -0.496 e. The number of piperidine rings is 2. The highest BCUT2D eigenvalue weighted by atomic mass is 16.5. The highest BCUT2D eigenvalue weighted by Gasteiger charge is 2.25. The predicted octanol–water partition coefficient (Wildman–Crippen LogP) is 3.02. The zero-order valence-electron chi connectivity index (χ0n) is 15.5. The van der Waals surface area contributed by atoms with Crippen LogP contribution in [0.5, 0.6) is 5.75 Å². The number of nitrogens with zero attached hydrogens (tertiary/aromatic N) is 3. The third kappa shape index (κ3) is 4.66. The van der Waals surface area contributed by atoms with E-state index >= 15 is 0 Å². The lowest BCUT2D eigenvalue weighted by Gasteiger charge is -2.35. The standard InChI is InChI=1S/C20H32N4O/c1-25-19-11-5-4-10-17(19)18(23-12-6-2-7-13-23)16-22-20(21)24-14-8-3-9-15-24/h4-5,10-11,18H,2-3,6-9,12-16H2,1H3,(H2,21,22). The number of ether oxygens (including phenoxy) is 1. The van der Waals surface area contributed by atoms with Crippen molar-refractivity contribution in [3.8, 4) is 5.75 Å². The zero-order valence-corrected chi connectivity index (χ0v) is 15.5. The zero-order chi connectivity index (χ0) is 17.5. The molecule has 0 aromatic heterocycles. The Morgan fingerprint density at radius 3 is 2.36 bits per heavy atom. The number of hydrogen-bond acceptors (Lipinski definition) is 3. The normalized spacial score (nSPS) is 21.2. The van der Waals surface area contributed by atoms with E-state index in [2.05, 4.69) is 21.9 Å². The van der Waals surface area contributed by atoms with Gasteiger partial charge in [-0.05, 0) is 51.3 Å². The van der Waals surface area contributed by atoms with E-state index in [9.17, 15) is 0 Å². The van der Waals surface area contributed by atoms with Crippen molar-refractivity contribution in [3.63, 3.8) is 0 Å². The number of methoxy groups -OCH3 is 1. The van der Waals surface area contributed by atoms with Crippen molar-refractivity contribution < 1.29 is 4.74 Å². The van der Waals surface area contributed by atoms with Crippen molar-refractivity contribution >= 4 is 5.96 Å². The molecule has 1 atom stereocenters. The molecule has 0 bridgehead atoms. The number of para-hydroxylation sites is 1. The van der Waals surface area contributed by atoms with Crippen molar-refractivity contribution in [2.24, 2.45) is 10.7 Å². The van der Waals surface area contributed by atoms with Crippen LogP contribution in [-0.4, -0.2) is 55.6 Å². The molecule has 138 valence electrons. The molecule has 0 amide bonds. The predicted molar refractivity (Wildman–Crippen MR) is 103 cm³/mol. The second-order valence-corrected chi connectivity index (χ2v) is 7.10. The molecule has 1 aromatic carbocycles. The summed E-state index contributed by atoms with van der Waals surface area (Å²) in [6.07, 6.45) is 7.60. The van der Waals surface area contributed by atoms with Gasteiger partial charge in [0.25, 0.3) is 0 Å². The maximum absolute atomic E-state index is 6.30. The van der Waals surface area contributed by atoms with Crippen LogP contribution in [0.1, 0.15) is 50.1 Å². The third-order valence-electron chi connectivity index (χ3n) is 5.44. The van der Waals surface area contributed by atoms with Gasteiger partial charge in [-0.1, -0.05) is 24.6 Å². The summed E-state index contributed by atoms with van der Waals surface area (Å²) in [7, 11) is 1.75. The van der Waals surface area contributed by atoms with Crippen LogP contribution in [0.15, 0.2) is 29.3 Å². The van der Waals surface area contributed by atoms with Gasteiger partial charge >= 0.3 is 0 Å². The summed E-state index contributed by atoms with van der Waals surface area (Å²) in [6, 6.07) is 8.57. The summed E-state index contributed by atoms with van der Waals surface area (Å²) >= 11 is 0. The van der Waals surface area contributed by atoms with E-state index in [1.54, 1.807) is 7.11 Å². The fourth-order valence-corrected chi connectivity index (χ4v) is 3.99. The lowest BCUT2D eigenvalue weighted by atomic mass is 10.0. The van der Waals surface area contributed by atoms with Crippen LogP contribution in [-0.2, 0) is 0 Å². The van der Waals surface area contributed by atoms with Crippen LogP contribution in [0, 0.1) is 0 Å². The molecule has 2 heterocycles. The van der Waals surface area contributed by atoms with Crippen LogP contribution < -0.4 is 10.5 Å². The first kappa shape index (κ1) is 18.1. The van der Waals surface area contributed by atoms with Crippen molar-refractivity contribution in [2.75, 3.05) is 39.8 Å². The Morgan fingerprint density at radius 2 is 1.68 bits per heavy atom. The van der Waals surface area contributed by atoms with Gasteiger partial charge in [0, 0.05) is 18.7 Å². The van der Waals surface area contributed by atoms with Crippen LogP contribution >= 0.6 is 0 Å². The van der Waals surface area contributed by atoms with Crippen LogP contribution in [0.2, 0.25) is 0 Å². The molecule has 2 N–H and O–H groups in total. The fourth-order valence-electron chi connectivity index (χ4n) is 3.99. The molecule has 25 heavy (non-hydrogen) atoms. The second kappa shape index (κ2) is 9.09. The first-order chi connectivity index (χ1) is 12.3. The molecule has 2 fully saturated rings. The fraction of sp³-hybridized carbons (Fsp3) is 0.650. The molecule has 2 saturated heterocycles. The second-order valence-electron chi connectivity index (χ2n) is 7.10. The van der Waals surface area contributed by atoms with Crippen molar-refractivity contribution in [1.29, 1.82) is 0 Å². The van der Waals surface area contributed by atoms with Crippen molar-refractivity contribution in [2.45, 2.75) is 44.6 Å². The van der Waals surface area contributed by atoms with Gasteiger partial charge in [-0.15, -0.1) is 0 Å². The molecular weight excluding hydrogens is 312 g/mol. The van der Waals surface area contributed by atoms with Gasteiger partial charge in [0.15, 0.2) is 5.96 Å². The van der Waals surface area contributed by atoms with Gasteiger partial charge in [-0.25, -0.2) is 0 Å². The monoisotopic (exact) mass is 344 g/mol. The van der Waals surface area contributed by atoms with Gasteiger partial charge in [0.2, 0.25) is 0 Å². The Morgan fingerprint density at radius 1 is 1.04 bits per heavy atom. The molecule has 0 saturated carbocycles. The molecule has 5 nitrogen and oxygen atoms in total. The average molecular weight is 345 g/mol. The molecule has 1 aromatic rings. The van der Waals surface area contributed by atoms with E-state index in [1.807, 2.05) is 12.1 Å². The minimum atomic E-state index is 0.236. The van der Waals surface area contributed by atoms with E-state index in [-0.39, 0.29) is 6.04 Å². The van der Waals surface area contributed by atoms with Gasteiger partial charge in [-0.3, -0.25) is 9.89 Å². The molecule has 2 aliphatic heterocycles. The quantitative estimate of drug-likeness (QED) is 0.659. The van der Waals surface area contributed by atoms with Gasteiger partial charge in [-0.2, -0.15) is 0 Å². The summed E-state index contributed by atoms with van der Waals surface area (Å²) in [4.78, 5) is 9.58. The molecule has 0 aliphatic carbocycles. The molecule has 0 radical (unpaired) electrons. The number of rotatable bonds is 5. The van der Waals surface area contributed by atoms with Gasteiger partial charge < -0.3 is 15.4 Å². The van der Waals surface area contributed by atoms with Crippen LogP contribution in [0.4, 0.5) is 0 Å². The van der Waals surface area contributed by atoms with Gasteiger partial charge in [0.05, 0.1) is 19.7 Å². The van der Waals surface area contributed by atoms with E-state index in [4.69, 9.17) is 15.5 Å². The summed E-state index contributed by atoms with van der Waals surface area (Å²) in [5, 5.41) is 0. The van der Waals surface area contributed by atoms with Gasteiger partial charge in [0.1, 0.15) is 5.75 Å². The lowest BCUT2D eigenvalue weighted by molar-refractivity contribution is 0.165. The maximum atomic E-state index is 6.30. The molecule has 5 heteroatoms. The Labute approximate surface area is 151 Å². The Bertz CT molecular complexity index is 563. The topological polar surface area (TPSA) is 54.1 Å². The Hall–Kier alpha value is -1.75. The highest BCUT2D eigenvalue weighted by Crippen LogP contribution is 2.31. The van der Waals surface area contributed by atoms with Crippen LogP contribution in [0.25, 0.3) is 0 Å². The maximum Gasteiger partial charge on any atom is 0.191 e. The van der Waals surface area contributed by atoms with E-state index < -0.39 is 0 Å². The number of aliphatic imine (C=N–C) groups is 1. The number of nitrogens with two attached hydrogens (primary N) is 1. The van der Waals surface area contributed by atoms with Crippen molar-refractivity contribution in [1.82, 2.24) is 9.80 Å². The molecular formula is C20H32N4O. The largest absolute Gasteiger partial charge is 0.496 e. The molecule has 0 spiro atoms. The average Bonchev–Trinajstić information content (AvgIpc) is 2.70. The number of benzene rings is 1. The Kier molecular flexibility index (Phi) is 6.56.